The van der Waals surface area contributed by atoms with E-state index in [2.05, 4.69) is 11.9 Å². The molecule has 6 heteroatoms. The van der Waals surface area contributed by atoms with Crippen molar-refractivity contribution in [2.75, 3.05) is 31.6 Å². The van der Waals surface area contributed by atoms with Gasteiger partial charge in [0.15, 0.2) is 0 Å². The Balaban J connectivity index is 1.57. The summed E-state index contributed by atoms with van der Waals surface area (Å²) < 4.78 is 19.8. The van der Waals surface area contributed by atoms with Crippen molar-refractivity contribution in [2.45, 2.75) is 31.6 Å². The standard InChI is InChI=1S/C20H25FN2O3/c1-2-19(24)23-9-5-15(6-10-23)20(25)22-18-4-3-16(13-17(18)21)14-7-11-26-12-8-14/h2-4,13-15H,1,5-12H2,(H,22,25). The maximum Gasteiger partial charge on any atom is 0.245 e. The summed E-state index contributed by atoms with van der Waals surface area (Å²) >= 11 is 0. The highest BCUT2D eigenvalue weighted by Crippen LogP contribution is 2.29. The molecule has 2 fully saturated rings. The fourth-order valence-corrected chi connectivity index (χ4v) is 3.64. The molecule has 1 aromatic carbocycles. The molecule has 0 aromatic heterocycles. The van der Waals surface area contributed by atoms with Gasteiger partial charge in [0.05, 0.1) is 5.69 Å². The topological polar surface area (TPSA) is 58.6 Å². The average Bonchev–Trinajstić information content (AvgIpc) is 2.69. The first-order chi connectivity index (χ1) is 12.6. The van der Waals surface area contributed by atoms with Crippen LogP contribution in [0.25, 0.3) is 0 Å². The number of nitrogens with zero attached hydrogens (tertiary/aromatic N) is 1. The molecule has 0 spiro atoms. The zero-order valence-electron chi connectivity index (χ0n) is 14.9. The lowest BCUT2D eigenvalue weighted by Gasteiger charge is -2.30. The Morgan fingerprint density at radius 1 is 1.19 bits per heavy atom. The van der Waals surface area contributed by atoms with Gasteiger partial charge in [-0.3, -0.25) is 9.59 Å². The minimum atomic E-state index is -0.401. The van der Waals surface area contributed by atoms with Crippen LogP contribution in [0, 0.1) is 11.7 Å². The minimum Gasteiger partial charge on any atom is -0.381 e. The summed E-state index contributed by atoms with van der Waals surface area (Å²) in [5, 5.41) is 2.71. The summed E-state index contributed by atoms with van der Waals surface area (Å²) in [5.41, 5.74) is 1.18. The number of likely N-dealkylation sites (tertiary alicyclic amines) is 1. The van der Waals surface area contributed by atoms with Crippen LogP contribution < -0.4 is 5.32 Å². The van der Waals surface area contributed by atoms with Gasteiger partial charge in [-0.15, -0.1) is 0 Å². The van der Waals surface area contributed by atoms with E-state index in [1.54, 1.807) is 11.0 Å². The maximum absolute atomic E-state index is 14.4. The van der Waals surface area contributed by atoms with Crippen molar-refractivity contribution in [1.29, 1.82) is 0 Å². The molecule has 0 atom stereocenters. The predicted octanol–water partition coefficient (Wildman–Crippen LogP) is 3.08. The van der Waals surface area contributed by atoms with Crippen molar-refractivity contribution >= 4 is 17.5 Å². The molecular weight excluding hydrogens is 335 g/mol. The number of ether oxygens (including phenoxy) is 1. The first-order valence-electron chi connectivity index (χ1n) is 9.18. The van der Waals surface area contributed by atoms with E-state index in [-0.39, 0.29) is 23.4 Å². The normalized spacial score (nSPS) is 19.2. The average molecular weight is 360 g/mol. The number of benzene rings is 1. The molecule has 0 radical (unpaired) electrons. The molecule has 2 heterocycles. The van der Waals surface area contributed by atoms with Crippen molar-refractivity contribution in [2.24, 2.45) is 5.92 Å². The van der Waals surface area contributed by atoms with E-state index in [9.17, 15) is 14.0 Å². The van der Waals surface area contributed by atoms with Crippen molar-refractivity contribution in [3.05, 3.63) is 42.2 Å². The Morgan fingerprint density at radius 3 is 2.50 bits per heavy atom. The van der Waals surface area contributed by atoms with Gasteiger partial charge < -0.3 is 15.0 Å². The Kier molecular flexibility index (Phi) is 6.04. The Labute approximate surface area is 153 Å². The van der Waals surface area contributed by atoms with E-state index in [0.29, 0.717) is 45.1 Å². The van der Waals surface area contributed by atoms with Gasteiger partial charge in [-0.25, -0.2) is 4.39 Å². The number of rotatable bonds is 4. The summed E-state index contributed by atoms with van der Waals surface area (Å²) in [6.07, 6.45) is 4.23. The number of carbonyl (C=O) groups is 2. The first kappa shape index (κ1) is 18.6. The molecule has 0 saturated carbocycles. The molecule has 2 saturated heterocycles. The molecule has 2 aliphatic heterocycles. The van der Waals surface area contributed by atoms with Gasteiger partial charge in [-0.2, -0.15) is 0 Å². The summed E-state index contributed by atoms with van der Waals surface area (Å²) in [4.78, 5) is 25.7. The van der Waals surface area contributed by atoms with Crippen LogP contribution in [0.1, 0.15) is 37.2 Å². The maximum atomic E-state index is 14.4. The van der Waals surface area contributed by atoms with E-state index >= 15 is 0 Å². The minimum absolute atomic E-state index is 0.112. The Hall–Kier alpha value is -2.21. The van der Waals surface area contributed by atoms with Crippen LogP contribution in [0.5, 0.6) is 0 Å². The summed E-state index contributed by atoms with van der Waals surface area (Å²) in [6, 6.07) is 5.06. The van der Waals surface area contributed by atoms with Crippen molar-refractivity contribution in [3.8, 4) is 0 Å². The quantitative estimate of drug-likeness (QED) is 0.840. The highest BCUT2D eigenvalue weighted by atomic mass is 19.1. The van der Waals surface area contributed by atoms with Crippen molar-refractivity contribution < 1.29 is 18.7 Å². The van der Waals surface area contributed by atoms with E-state index in [1.165, 1.54) is 12.1 Å². The number of hydrogen-bond donors (Lipinski definition) is 1. The smallest absolute Gasteiger partial charge is 0.245 e. The predicted molar refractivity (Wildman–Crippen MR) is 97.3 cm³/mol. The zero-order valence-corrected chi connectivity index (χ0v) is 14.9. The molecule has 2 amide bonds. The van der Waals surface area contributed by atoms with E-state index in [1.807, 2.05) is 6.07 Å². The molecule has 3 rings (SSSR count). The van der Waals surface area contributed by atoms with Gasteiger partial charge in [-0.1, -0.05) is 12.6 Å². The van der Waals surface area contributed by atoms with Crippen LogP contribution in [0.3, 0.4) is 0 Å². The Bertz CT molecular complexity index is 678. The van der Waals surface area contributed by atoms with E-state index in [4.69, 9.17) is 4.74 Å². The highest BCUT2D eigenvalue weighted by Gasteiger charge is 2.27. The van der Waals surface area contributed by atoms with Crippen LogP contribution in [-0.2, 0) is 14.3 Å². The fraction of sp³-hybridized carbons (Fsp3) is 0.500. The molecular formula is C20H25FN2O3. The zero-order chi connectivity index (χ0) is 18.5. The second kappa shape index (κ2) is 8.45. The number of amides is 2. The molecule has 5 nitrogen and oxygen atoms in total. The Morgan fingerprint density at radius 2 is 1.88 bits per heavy atom. The lowest BCUT2D eigenvalue weighted by Crippen LogP contribution is -2.40. The van der Waals surface area contributed by atoms with Crippen LogP contribution in [0.15, 0.2) is 30.9 Å². The van der Waals surface area contributed by atoms with Gasteiger partial charge in [0, 0.05) is 32.2 Å². The van der Waals surface area contributed by atoms with Gasteiger partial charge in [0.1, 0.15) is 5.82 Å². The molecule has 0 aliphatic carbocycles. The summed E-state index contributed by atoms with van der Waals surface area (Å²) in [5.74, 6) is -0.596. The monoisotopic (exact) mass is 360 g/mol. The second-order valence-electron chi connectivity index (χ2n) is 6.92. The van der Waals surface area contributed by atoms with Gasteiger partial charge >= 0.3 is 0 Å². The molecule has 1 N–H and O–H groups in total. The third kappa shape index (κ3) is 4.30. The molecule has 1 aromatic rings. The highest BCUT2D eigenvalue weighted by molar-refractivity contribution is 5.93. The number of nitrogens with one attached hydrogen (secondary N) is 1. The van der Waals surface area contributed by atoms with Crippen LogP contribution >= 0.6 is 0 Å². The molecule has 0 unspecified atom stereocenters. The number of piperidine rings is 1. The fourth-order valence-electron chi connectivity index (χ4n) is 3.64. The van der Waals surface area contributed by atoms with Gasteiger partial charge in [0.25, 0.3) is 0 Å². The number of hydrogen-bond acceptors (Lipinski definition) is 3. The van der Waals surface area contributed by atoms with E-state index < -0.39 is 5.82 Å². The third-order valence-corrected chi connectivity index (χ3v) is 5.30. The summed E-state index contributed by atoms with van der Waals surface area (Å²) in [7, 11) is 0. The number of anilines is 1. The van der Waals surface area contributed by atoms with Crippen LogP contribution in [0.2, 0.25) is 0 Å². The lowest BCUT2D eigenvalue weighted by atomic mass is 9.91. The largest absolute Gasteiger partial charge is 0.381 e. The third-order valence-electron chi connectivity index (χ3n) is 5.30. The van der Waals surface area contributed by atoms with Gasteiger partial charge in [0.2, 0.25) is 11.8 Å². The lowest BCUT2D eigenvalue weighted by molar-refractivity contribution is -0.130. The second-order valence-corrected chi connectivity index (χ2v) is 6.92. The molecule has 140 valence electrons. The number of halogens is 1. The molecule has 26 heavy (non-hydrogen) atoms. The molecule has 0 bridgehead atoms. The van der Waals surface area contributed by atoms with Crippen LogP contribution in [0.4, 0.5) is 10.1 Å². The summed E-state index contributed by atoms with van der Waals surface area (Å²) in [6.45, 7) is 5.93. The number of carbonyl (C=O) groups excluding carboxylic acids is 2. The SMILES string of the molecule is C=CC(=O)N1CCC(C(=O)Nc2ccc(C3CCOCC3)cc2F)CC1. The van der Waals surface area contributed by atoms with E-state index in [0.717, 1.165) is 18.4 Å². The van der Waals surface area contributed by atoms with Crippen molar-refractivity contribution in [1.82, 2.24) is 4.90 Å². The van der Waals surface area contributed by atoms with Crippen LogP contribution in [-0.4, -0.2) is 43.0 Å². The molecule has 2 aliphatic rings. The van der Waals surface area contributed by atoms with Gasteiger partial charge in [-0.05, 0) is 55.4 Å². The first-order valence-corrected chi connectivity index (χ1v) is 9.18. The van der Waals surface area contributed by atoms with Crippen molar-refractivity contribution in [3.63, 3.8) is 0 Å².